The minimum atomic E-state index is -0.402. The fourth-order valence-corrected chi connectivity index (χ4v) is 4.20. The van der Waals surface area contributed by atoms with E-state index in [1.54, 1.807) is 13.0 Å². The number of carbonyl (C=O) groups excluding carboxylic acids is 1. The highest BCUT2D eigenvalue weighted by Gasteiger charge is 2.25. The van der Waals surface area contributed by atoms with Crippen molar-refractivity contribution < 1.29 is 19.0 Å². The summed E-state index contributed by atoms with van der Waals surface area (Å²) in [5.41, 5.74) is 0.677. The number of fused-ring (bicyclic) bond motifs is 1. The van der Waals surface area contributed by atoms with E-state index in [0.29, 0.717) is 28.9 Å². The summed E-state index contributed by atoms with van der Waals surface area (Å²) in [6, 6.07) is 4.89. The van der Waals surface area contributed by atoms with Gasteiger partial charge in [0.2, 0.25) is 0 Å². The molecule has 0 radical (unpaired) electrons. The third-order valence-electron chi connectivity index (χ3n) is 4.09. The van der Waals surface area contributed by atoms with Gasteiger partial charge in [-0.05, 0) is 38.4 Å². The molecule has 0 unspecified atom stereocenters. The Bertz CT molecular complexity index is 715. The molecule has 124 valence electrons. The number of likely N-dealkylation sites (tertiary alicyclic amines) is 1. The van der Waals surface area contributed by atoms with E-state index in [2.05, 4.69) is 4.90 Å². The molecule has 6 heteroatoms. The van der Waals surface area contributed by atoms with E-state index in [4.69, 9.17) is 4.74 Å². The summed E-state index contributed by atoms with van der Waals surface area (Å²) < 4.78 is 20.2. The first-order valence-corrected chi connectivity index (χ1v) is 8.69. The van der Waals surface area contributed by atoms with Gasteiger partial charge in [-0.3, -0.25) is 4.90 Å². The number of thiophene rings is 1. The van der Waals surface area contributed by atoms with Gasteiger partial charge in [0, 0.05) is 28.7 Å². The van der Waals surface area contributed by atoms with Crippen molar-refractivity contribution in [2.75, 3.05) is 19.7 Å². The molecule has 0 saturated carbocycles. The first-order chi connectivity index (χ1) is 11.1. The maximum Gasteiger partial charge on any atom is 0.348 e. The number of carbonyl (C=O) groups is 1. The van der Waals surface area contributed by atoms with Crippen molar-refractivity contribution in [2.45, 2.75) is 32.4 Å². The van der Waals surface area contributed by atoms with Crippen molar-refractivity contribution >= 4 is 27.4 Å². The molecule has 1 atom stereocenters. The van der Waals surface area contributed by atoms with Crippen LogP contribution >= 0.6 is 11.3 Å². The quantitative estimate of drug-likeness (QED) is 0.871. The monoisotopic (exact) mass is 337 g/mol. The van der Waals surface area contributed by atoms with Gasteiger partial charge in [0.1, 0.15) is 10.7 Å². The number of piperidine rings is 1. The summed E-state index contributed by atoms with van der Waals surface area (Å²) in [6.45, 7) is 3.88. The minimum absolute atomic E-state index is 0.289. The molecule has 1 fully saturated rings. The fraction of sp³-hybridized carbons (Fsp3) is 0.471. The first kappa shape index (κ1) is 16.4. The molecule has 2 aromatic rings. The van der Waals surface area contributed by atoms with Crippen LogP contribution in [-0.4, -0.2) is 41.8 Å². The highest BCUT2D eigenvalue weighted by molar-refractivity contribution is 7.21. The molecule has 1 aliphatic heterocycles. The number of halogens is 1. The van der Waals surface area contributed by atoms with Crippen molar-refractivity contribution in [1.29, 1.82) is 0 Å². The van der Waals surface area contributed by atoms with Gasteiger partial charge in [0.15, 0.2) is 0 Å². The lowest BCUT2D eigenvalue weighted by Gasteiger charge is -2.30. The zero-order valence-corrected chi connectivity index (χ0v) is 13.9. The van der Waals surface area contributed by atoms with E-state index in [-0.39, 0.29) is 18.5 Å². The summed E-state index contributed by atoms with van der Waals surface area (Å²) in [7, 11) is 0. The van der Waals surface area contributed by atoms with Gasteiger partial charge in [-0.1, -0.05) is 6.07 Å². The predicted octanol–water partition coefficient (Wildman–Crippen LogP) is 3.17. The Balaban J connectivity index is 2.01. The molecule has 1 saturated heterocycles. The topological polar surface area (TPSA) is 49.8 Å². The zero-order valence-electron chi connectivity index (χ0n) is 13.0. The summed E-state index contributed by atoms with van der Waals surface area (Å²) in [6.07, 6.45) is 1.34. The van der Waals surface area contributed by atoms with Crippen LogP contribution < -0.4 is 0 Å². The Morgan fingerprint density at radius 2 is 2.35 bits per heavy atom. The average molecular weight is 337 g/mol. The smallest absolute Gasteiger partial charge is 0.348 e. The summed E-state index contributed by atoms with van der Waals surface area (Å²) >= 11 is 1.27. The summed E-state index contributed by atoms with van der Waals surface area (Å²) in [4.78, 5) is 14.8. The third-order valence-corrected chi connectivity index (χ3v) is 5.26. The van der Waals surface area contributed by atoms with Gasteiger partial charge in [-0.25, -0.2) is 9.18 Å². The van der Waals surface area contributed by atoms with Gasteiger partial charge in [0.05, 0.1) is 12.7 Å². The number of hydrogen-bond donors (Lipinski definition) is 1. The second-order valence-electron chi connectivity index (χ2n) is 5.77. The number of nitrogens with zero attached hydrogens (tertiary/aromatic N) is 1. The second kappa shape index (κ2) is 6.95. The Labute approximate surface area is 138 Å². The SMILES string of the molecule is CCOC(=O)c1sc2cccc(F)c2c1CN1CCC[C@@H](O)C1. The highest BCUT2D eigenvalue weighted by atomic mass is 32.1. The number of β-amino-alcohol motifs (C(OH)–C–C–N with tert-alkyl or cyclic N) is 1. The largest absolute Gasteiger partial charge is 0.462 e. The average Bonchev–Trinajstić information content (AvgIpc) is 2.88. The number of benzene rings is 1. The highest BCUT2D eigenvalue weighted by Crippen LogP contribution is 2.35. The van der Waals surface area contributed by atoms with E-state index in [9.17, 15) is 14.3 Å². The summed E-state index contributed by atoms with van der Waals surface area (Å²) in [5.74, 6) is -0.720. The second-order valence-corrected chi connectivity index (χ2v) is 6.83. The molecule has 0 spiro atoms. The molecule has 1 aliphatic rings. The van der Waals surface area contributed by atoms with Crippen LogP contribution in [0.1, 0.15) is 35.0 Å². The molecule has 4 nitrogen and oxygen atoms in total. The van der Waals surface area contributed by atoms with E-state index in [0.717, 1.165) is 24.1 Å². The van der Waals surface area contributed by atoms with Crippen LogP contribution in [0.3, 0.4) is 0 Å². The van der Waals surface area contributed by atoms with Crippen LogP contribution in [0.5, 0.6) is 0 Å². The number of ether oxygens (including phenoxy) is 1. The zero-order chi connectivity index (χ0) is 16.4. The minimum Gasteiger partial charge on any atom is -0.462 e. The fourth-order valence-electron chi connectivity index (χ4n) is 3.08. The molecule has 0 aliphatic carbocycles. The Morgan fingerprint density at radius 1 is 1.52 bits per heavy atom. The number of rotatable bonds is 4. The molecule has 2 heterocycles. The van der Waals surface area contributed by atoms with Crippen LogP contribution in [0.25, 0.3) is 10.1 Å². The van der Waals surface area contributed by atoms with Gasteiger partial charge in [-0.2, -0.15) is 0 Å². The Kier molecular flexibility index (Phi) is 4.94. The van der Waals surface area contributed by atoms with Gasteiger partial charge < -0.3 is 9.84 Å². The maximum atomic E-state index is 14.3. The van der Waals surface area contributed by atoms with Gasteiger partial charge in [-0.15, -0.1) is 11.3 Å². The van der Waals surface area contributed by atoms with Crippen molar-refractivity contribution in [3.05, 3.63) is 34.5 Å². The standard InChI is InChI=1S/C17H20FNO3S/c1-2-22-17(21)16-12(10-19-8-4-5-11(20)9-19)15-13(18)6-3-7-14(15)23-16/h3,6-7,11,20H,2,4-5,8-10H2,1H3/t11-/m1/s1. The van der Waals surface area contributed by atoms with Crippen molar-refractivity contribution in [2.24, 2.45) is 0 Å². The van der Waals surface area contributed by atoms with E-state index >= 15 is 0 Å². The molecule has 1 aromatic heterocycles. The molecule has 1 aromatic carbocycles. The normalized spacial score (nSPS) is 19.2. The number of aliphatic hydroxyl groups excluding tert-OH is 1. The van der Waals surface area contributed by atoms with Crippen molar-refractivity contribution in [1.82, 2.24) is 4.90 Å². The van der Waals surface area contributed by atoms with Gasteiger partial charge >= 0.3 is 5.97 Å². The van der Waals surface area contributed by atoms with Crippen LogP contribution in [0.4, 0.5) is 4.39 Å². The lowest BCUT2D eigenvalue weighted by Crippen LogP contribution is -2.37. The molecule has 3 rings (SSSR count). The number of esters is 1. The van der Waals surface area contributed by atoms with Gasteiger partial charge in [0.25, 0.3) is 0 Å². The van der Waals surface area contributed by atoms with E-state index in [1.165, 1.54) is 17.4 Å². The summed E-state index contributed by atoms with van der Waals surface area (Å²) in [5, 5.41) is 10.3. The van der Waals surface area contributed by atoms with Crippen LogP contribution in [0.2, 0.25) is 0 Å². The van der Waals surface area contributed by atoms with Crippen molar-refractivity contribution in [3.8, 4) is 0 Å². The predicted molar refractivity (Wildman–Crippen MR) is 88.3 cm³/mol. The molecular weight excluding hydrogens is 317 g/mol. The third kappa shape index (κ3) is 3.39. The van der Waals surface area contributed by atoms with Crippen molar-refractivity contribution in [3.63, 3.8) is 0 Å². The molecule has 23 heavy (non-hydrogen) atoms. The molecule has 1 N–H and O–H groups in total. The number of hydrogen-bond acceptors (Lipinski definition) is 5. The molecule has 0 amide bonds. The van der Waals surface area contributed by atoms with E-state index < -0.39 is 5.97 Å². The first-order valence-electron chi connectivity index (χ1n) is 7.87. The van der Waals surface area contributed by atoms with Crippen LogP contribution in [0.15, 0.2) is 18.2 Å². The Morgan fingerprint density at radius 3 is 3.09 bits per heavy atom. The van der Waals surface area contributed by atoms with Crippen LogP contribution in [0, 0.1) is 5.82 Å². The molecular formula is C17H20FNO3S. The van der Waals surface area contributed by atoms with E-state index in [1.807, 2.05) is 6.07 Å². The number of aliphatic hydroxyl groups is 1. The molecule has 0 bridgehead atoms. The Hall–Kier alpha value is -1.50. The van der Waals surface area contributed by atoms with Crippen LogP contribution in [-0.2, 0) is 11.3 Å². The lowest BCUT2D eigenvalue weighted by molar-refractivity contribution is 0.0525. The maximum absolute atomic E-state index is 14.3. The lowest BCUT2D eigenvalue weighted by atomic mass is 10.1.